The molecular formula is C9H7ClN2O3S. The van der Waals surface area contributed by atoms with E-state index in [4.69, 9.17) is 21.8 Å². The summed E-state index contributed by atoms with van der Waals surface area (Å²) in [5.41, 5.74) is 5.88. The molecule has 0 saturated heterocycles. The van der Waals surface area contributed by atoms with Crippen LogP contribution in [-0.4, -0.2) is 4.92 Å². The van der Waals surface area contributed by atoms with Crippen LogP contribution in [0.15, 0.2) is 28.7 Å². The Morgan fingerprint density at radius 2 is 2.19 bits per heavy atom. The molecule has 0 aliphatic heterocycles. The van der Waals surface area contributed by atoms with Gasteiger partial charge in [-0.1, -0.05) is 11.6 Å². The van der Waals surface area contributed by atoms with E-state index in [1.54, 1.807) is 12.1 Å². The first kappa shape index (κ1) is 11.1. The van der Waals surface area contributed by atoms with Crippen LogP contribution in [-0.2, 0) is 0 Å². The number of nitro groups is 1. The quantitative estimate of drug-likeness (QED) is 0.678. The smallest absolute Gasteiger partial charge is 0.404 e. The van der Waals surface area contributed by atoms with E-state index in [-0.39, 0.29) is 5.88 Å². The second-order valence-electron chi connectivity index (χ2n) is 3.05. The molecule has 0 saturated carbocycles. The Hall–Kier alpha value is -1.37. The maximum Gasteiger partial charge on any atom is 0.433 e. The van der Waals surface area contributed by atoms with Gasteiger partial charge in [0.25, 0.3) is 0 Å². The average molecular weight is 259 g/mol. The first-order chi connectivity index (χ1) is 7.58. The third kappa shape index (κ3) is 2.08. The molecule has 0 aliphatic rings. The molecule has 0 fully saturated rings. The van der Waals surface area contributed by atoms with Crippen LogP contribution in [0.4, 0.5) is 5.88 Å². The number of halogens is 1. The van der Waals surface area contributed by atoms with Crippen molar-refractivity contribution in [1.82, 2.24) is 0 Å². The number of hydrogen-bond donors (Lipinski definition) is 1. The average Bonchev–Trinajstić information content (AvgIpc) is 2.84. The van der Waals surface area contributed by atoms with Gasteiger partial charge in [-0.15, -0.1) is 11.3 Å². The van der Waals surface area contributed by atoms with Crippen molar-refractivity contribution in [3.05, 3.63) is 49.4 Å². The largest absolute Gasteiger partial charge is 0.433 e. The van der Waals surface area contributed by atoms with Gasteiger partial charge in [0.1, 0.15) is 10.7 Å². The summed E-state index contributed by atoms with van der Waals surface area (Å²) >= 11 is 7.09. The summed E-state index contributed by atoms with van der Waals surface area (Å²) in [4.78, 5) is 10.6. The fourth-order valence-corrected chi connectivity index (χ4v) is 2.31. The third-order valence-electron chi connectivity index (χ3n) is 2.00. The Balaban J connectivity index is 2.26. The zero-order valence-electron chi connectivity index (χ0n) is 7.92. The van der Waals surface area contributed by atoms with Gasteiger partial charge < -0.3 is 10.2 Å². The second kappa shape index (κ2) is 4.25. The zero-order valence-corrected chi connectivity index (χ0v) is 9.49. The highest BCUT2D eigenvalue weighted by molar-refractivity contribution is 7.16. The molecule has 2 aromatic rings. The molecule has 1 atom stereocenters. The van der Waals surface area contributed by atoms with Gasteiger partial charge in [-0.05, 0) is 18.2 Å². The molecule has 2 N–H and O–H groups in total. The molecule has 5 nitrogen and oxygen atoms in total. The SMILES string of the molecule is NC(c1ccc([N+](=O)[O-])o1)c1ccc(Cl)s1. The van der Waals surface area contributed by atoms with E-state index in [1.165, 1.54) is 23.5 Å². The lowest BCUT2D eigenvalue weighted by Crippen LogP contribution is -2.08. The van der Waals surface area contributed by atoms with Crippen LogP contribution in [0.25, 0.3) is 0 Å². The molecule has 7 heteroatoms. The molecule has 2 rings (SSSR count). The van der Waals surface area contributed by atoms with Crippen molar-refractivity contribution in [3.8, 4) is 0 Å². The number of thiophene rings is 1. The molecule has 0 spiro atoms. The summed E-state index contributed by atoms with van der Waals surface area (Å²) in [5, 5.41) is 10.4. The zero-order chi connectivity index (χ0) is 11.7. The van der Waals surface area contributed by atoms with E-state index >= 15 is 0 Å². The predicted octanol–water partition coefficient (Wildman–Crippen LogP) is 2.95. The van der Waals surface area contributed by atoms with Crippen LogP contribution in [0.5, 0.6) is 0 Å². The molecule has 0 amide bonds. The lowest BCUT2D eigenvalue weighted by molar-refractivity contribution is -0.402. The van der Waals surface area contributed by atoms with Crippen molar-refractivity contribution < 1.29 is 9.34 Å². The van der Waals surface area contributed by atoms with Gasteiger partial charge in [0.15, 0.2) is 0 Å². The lowest BCUT2D eigenvalue weighted by atomic mass is 10.2. The van der Waals surface area contributed by atoms with E-state index in [0.717, 1.165) is 4.88 Å². The Morgan fingerprint density at radius 3 is 2.69 bits per heavy atom. The Bertz CT molecular complexity index is 522. The van der Waals surface area contributed by atoms with Gasteiger partial charge in [-0.3, -0.25) is 10.1 Å². The minimum absolute atomic E-state index is 0.312. The Morgan fingerprint density at radius 1 is 1.44 bits per heavy atom. The fourth-order valence-electron chi connectivity index (χ4n) is 1.24. The molecule has 2 heterocycles. The van der Waals surface area contributed by atoms with Crippen LogP contribution in [0.2, 0.25) is 4.34 Å². The molecule has 16 heavy (non-hydrogen) atoms. The summed E-state index contributed by atoms with van der Waals surface area (Å²) in [7, 11) is 0. The summed E-state index contributed by atoms with van der Waals surface area (Å²) in [5.74, 6) is 0.0401. The molecular weight excluding hydrogens is 252 g/mol. The fraction of sp³-hybridized carbons (Fsp3) is 0.111. The number of rotatable bonds is 3. The molecule has 2 aromatic heterocycles. The summed E-state index contributed by atoms with van der Waals surface area (Å²) in [6, 6.07) is 5.75. The topological polar surface area (TPSA) is 82.3 Å². The van der Waals surface area contributed by atoms with Crippen molar-refractivity contribution in [1.29, 1.82) is 0 Å². The monoisotopic (exact) mass is 258 g/mol. The van der Waals surface area contributed by atoms with Crippen LogP contribution in [0.1, 0.15) is 16.7 Å². The minimum atomic E-state index is -0.600. The third-order valence-corrected chi connectivity index (χ3v) is 3.31. The number of hydrogen-bond acceptors (Lipinski definition) is 5. The highest BCUT2D eigenvalue weighted by Gasteiger charge is 2.19. The molecule has 0 aliphatic carbocycles. The van der Waals surface area contributed by atoms with Gasteiger partial charge in [0, 0.05) is 4.88 Å². The summed E-state index contributed by atoms with van der Waals surface area (Å²) < 4.78 is 5.63. The second-order valence-corrected chi connectivity index (χ2v) is 4.80. The predicted molar refractivity (Wildman–Crippen MR) is 60.7 cm³/mol. The van der Waals surface area contributed by atoms with Gasteiger partial charge in [-0.25, -0.2) is 0 Å². The number of furan rings is 1. The van der Waals surface area contributed by atoms with E-state index in [0.29, 0.717) is 10.1 Å². The molecule has 0 radical (unpaired) electrons. The van der Waals surface area contributed by atoms with Crippen molar-refractivity contribution >= 4 is 28.8 Å². The van der Waals surface area contributed by atoms with Crippen LogP contribution in [0.3, 0.4) is 0 Å². The summed E-state index contributed by atoms with van der Waals surface area (Å²) in [6.45, 7) is 0. The molecule has 1 unspecified atom stereocenters. The van der Waals surface area contributed by atoms with Crippen LogP contribution >= 0.6 is 22.9 Å². The van der Waals surface area contributed by atoms with Gasteiger partial charge >= 0.3 is 5.88 Å². The number of nitrogens with two attached hydrogens (primary N) is 1. The Labute approximate surface area is 99.6 Å². The van der Waals surface area contributed by atoms with E-state index in [2.05, 4.69) is 0 Å². The lowest BCUT2D eigenvalue weighted by Gasteiger charge is -2.04. The van der Waals surface area contributed by atoms with Crippen LogP contribution in [0, 0.1) is 10.1 Å². The molecule has 0 bridgehead atoms. The highest BCUT2D eigenvalue weighted by Crippen LogP contribution is 2.31. The van der Waals surface area contributed by atoms with Crippen LogP contribution < -0.4 is 5.73 Å². The van der Waals surface area contributed by atoms with Crippen molar-refractivity contribution in [3.63, 3.8) is 0 Å². The van der Waals surface area contributed by atoms with E-state index in [9.17, 15) is 10.1 Å². The highest BCUT2D eigenvalue weighted by atomic mass is 35.5. The van der Waals surface area contributed by atoms with Crippen molar-refractivity contribution in [2.45, 2.75) is 6.04 Å². The maximum atomic E-state index is 10.4. The summed E-state index contributed by atoms with van der Waals surface area (Å²) in [6.07, 6.45) is 0. The van der Waals surface area contributed by atoms with E-state index < -0.39 is 11.0 Å². The normalized spacial score (nSPS) is 12.6. The number of nitrogens with zero attached hydrogens (tertiary/aromatic N) is 1. The first-order valence-electron chi connectivity index (χ1n) is 4.33. The Kier molecular flexibility index (Phi) is 2.95. The van der Waals surface area contributed by atoms with Gasteiger partial charge in [0.2, 0.25) is 0 Å². The standard InChI is InChI=1S/C9H7ClN2O3S/c10-7-3-2-6(16-7)9(11)5-1-4-8(15-5)12(13)14/h1-4,9H,11H2. The van der Waals surface area contributed by atoms with Crippen molar-refractivity contribution in [2.75, 3.05) is 0 Å². The molecule has 0 aromatic carbocycles. The maximum absolute atomic E-state index is 10.4. The van der Waals surface area contributed by atoms with Crippen molar-refractivity contribution in [2.24, 2.45) is 5.73 Å². The minimum Gasteiger partial charge on any atom is -0.404 e. The molecule has 84 valence electrons. The van der Waals surface area contributed by atoms with E-state index in [1.807, 2.05) is 0 Å². The first-order valence-corrected chi connectivity index (χ1v) is 5.52. The van der Waals surface area contributed by atoms with Gasteiger partial charge in [0.05, 0.1) is 16.4 Å². The van der Waals surface area contributed by atoms with Gasteiger partial charge in [-0.2, -0.15) is 0 Å².